The molecule has 4 aliphatic rings. The number of piperidine rings is 3. The van der Waals surface area contributed by atoms with Crippen LogP contribution in [0.15, 0.2) is 35.8 Å². The zero-order valence-electron chi connectivity index (χ0n) is 14.9. The number of aliphatic hydroxyl groups is 1. The molecule has 3 saturated heterocycles. The van der Waals surface area contributed by atoms with Gasteiger partial charge in [0.05, 0.1) is 18.6 Å². The number of ether oxygens (including phenoxy) is 1. The first-order valence-electron chi connectivity index (χ1n) is 8.93. The molecule has 6 heteroatoms. The third kappa shape index (κ3) is 3.08. The van der Waals surface area contributed by atoms with Gasteiger partial charge in [-0.05, 0) is 49.4 Å². The zero-order chi connectivity index (χ0) is 17.6. The second kappa shape index (κ2) is 7.51. The minimum absolute atomic E-state index is 0. The van der Waals surface area contributed by atoms with Crippen molar-refractivity contribution in [2.45, 2.75) is 25.0 Å². The maximum Gasteiger partial charge on any atom is 0.183 e. The standard InChI is InChI=1S/C20H24N2O3.ClH/c1-3-12-11-22-7-6-13(12)8-17(22)20(24)19-15-9-14(25-2)4-5-16(15)21-10-18(19)23;/h3-5,9,12-13,17,20,24H,1,6-8,10-11H2,2H3;1H/t12-,13?,17-,20-;/m0./s1. The fourth-order valence-corrected chi connectivity index (χ4v) is 4.61. The largest absolute Gasteiger partial charge is 0.497 e. The van der Waals surface area contributed by atoms with Crippen molar-refractivity contribution in [1.29, 1.82) is 0 Å². The minimum atomic E-state index is -0.789. The highest BCUT2D eigenvalue weighted by Crippen LogP contribution is 2.39. The van der Waals surface area contributed by atoms with Crippen molar-refractivity contribution in [2.24, 2.45) is 16.8 Å². The van der Waals surface area contributed by atoms with E-state index in [0.717, 1.165) is 31.3 Å². The lowest BCUT2D eigenvalue weighted by Crippen LogP contribution is -2.58. The Morgan fingerprint density at radius 2 is 2.27 bits per heavy atom. The van der Waals surface area contributed by atoms with Crippen molar-refractivity contribution >= 4 is 23.8 Å². The van der Waals surface area contributed by atoms with E-state index in [1.54, 1.807) is 7.11 Å². The van der Waals surface area contributed by atoms with E-state index in [9.17, 15) is 9.90 Å². The Morgan fingerprint density at radius 1 is 1.46 bits per heavy atom. The smallest absolute Gasteiger partial charge is 0.183 e. The summed E-state index contributed by atoms with van der Waals surface area (Å²) in [5.74, 6) is 1.63. The van der Waals surface area contributed by atoms with Crippen molar-refractivity contribution in [3.8, 4) is 5.75 Å². The highest BCUT2D eigenvalue weighted by molar-refractivity contribution is 6.17. The number of ketones is 1. The molecule has 0 saturated carbocycles. The van der Waals surface area contributed by atoms with Crippen molar-refractivity contribution < 1.29 is 14.6 Å². The van der Waals surface area contributed by atoms with Crippen LogP contribution in [0.25, 0.3) is 5.57 Å². The number of benzene rings is 1. The maximum absolute atomic E-state index is 12.6. The molecule has 3 fully saturated rings. The summed E-state index contributed by atoms with van der Waals surface area (Å²) in [5, 5.41) is 12.6. The summed E-state index contributed by atoms with van der Waals surface area (Å²) in [5.41, 5.74) is 0.497. The molecular weight excluding hydrogens is 352 g/mol. The summed E-state index contributed by atoms with van der Waals surface area (Å²) < 4.78 is 5.30. The molecule has 1 aromatic rings. The Labute approximate surface area is 159 Å². The van der Waals surface area contributed by atoms with Gasteiger partial charge in [-0.1, -0.05) is 6.08 Å². The van der Waals surface area contributed by atoms with E-state index >= 15 is 0 Å². The second-order valence-electron chi connectivity index (χ2n) is 7.23. The average molecular weight is 377 g/mol. The van der Waals surface area contributed by atoms with Gasteiger partial charge in [-0.15, -0.1) is 19.0 Å². The van der Waals surface area contributed by atoms with Crippen LogP contribution in [0.1, 0.15) is 12.8 Å². The monoisotopic (exact) mass is 376 g/mol. The van der Waals surface area contributed by atoms with Crippen molar-refractivity contribution in [2.75, 3.05) is 26.7 Å². The molecule has 5 rings (SSSR count). The Bertz CT molecular complexity index is 838. The second-order valence-corrected chi connectivity index (χ2v) is 7.23. The number of hydrogen-bond donors (Lipinski definition) is 1. The molecule has 0 aromatic heterocycles. The molecule has 0 radical (unpaired) electrons. The number of methoxy groups -OCH3 is 1. The lowest BCUT2D eigenvalue weighted by atomic mass is 9.73. The third-order valence-electron chi connectivity index (χ3n) is 6.00. The van der Waals surface area contributed by atoms with Crippen LogP contribution in [0, 0.1) is 11.8 Å². The van der Waals surface area contributed by atoms with Gasteiger partial charge in [-0.3, -0.25) is 14.7 Å². The fourth-order valence-electron chi connectivity index (χ4n) is 4.61. The van der Waals surface area contributed by atoms with Crippen LogP contribution in [-0.4, -0.2) is 54.7 Å². The Balaban J connectivity index is 0.00000196. The fraction of sp³-hybridized carbons (Fsp3) is 0.500. The summed E-state index contributed by atoms with van der Waals surface area (Å²) in [6.45, 7) is 5.96. The third-order valence-corrected chi connectivity index (χ3v) is 6.00. The van der Waals surface area contributed by atoms with Gasteiger partial charge in [0.2, 0.25) is 0 Å². The van der Waals surface area contributed by atoms with Crippen LogP contribution >= 0.6 is 12.4 Å². The number of nitrogens with zero attached hydrogens (tertiary/aromatic N) is 2. The first kappa shape index (κ1) is 19.1. The number of aliphatic hydroxyl groups excluding tert-OH is 1. The normalized spacial score (nSPS) is 30.7. The summed E-state index contributed by atoms with van der Waals surface area (Å²) in [6, 6.07) is 5.50. The number of fused-ring (bicyclic) bond motifs is 4. The highest BCUT2D eigenvalue weighted by Gasteiger charge is 2.43. The van der Waals surface area contributed by atoms with Gasteiger partial charge in [0.15, 0.2) is 5.78 Å². The van der Waals surface area contributed by atoms with Crippen LogP contribution < -0.4 is 15.3 Å². The zero-order valence-corrected chi connectivity index (χ0v) is 15.7. The number of carbonyl (C=O) groups excluding carboxylic acids is 1. The number of halogens is 1. The minimum Gasteiger partial charge on any atom is -0.497 e. The molecule has 1 aromatic carbocycles. The molecule has 0 amide bonds. The first-order chi connectivity index (χ1) is 12.1. The number of hydrogen-bond acceptors (Lipinski definition) is 5. The van der Waals surface area contributed by atoms with Crippen LogP contribution in [-0.2, 0) is 4.79 Å². The van der Waals surface area contributed by atoms with Gasteiger partial charge >= 0.3 is 0 Å². The lowest BCUT2D eigenvalue weighted by molar-refractivity contribution is -0.114. The molecule has 4 aliphatic heterocycles. The van der Waals surface area contributed by atoms with Gasteiger partial charge in [0.25, 0.3) is 0 Å². The summed E-state index contributed by atoms with van der Waals surface area (Å²) in [6.07, 6.45) is 3.30. The number of Topliss-reactive ketones (excluding diaryl/α,β-unsaturated/α-hetero) is 1. The predicted molar refractivity (Wildman–Crippen MR) is 102 cm³/mol. The molecular formula is C20H25ClN2O3. The molecule has 5 atom stereocenters. The van der Waals surface area contributed by atoms with Gasteiger partial charge in [0, 0.05) is 23.4 Å². The van der Waals surface area contributed by atoms with Crippen LogP contribution in [0.5, 0.6) is 5.75 Å². The van der Waals surface area contributed by atoms with Crippen LogP contribution in [0.2, 0.25) is 0 Å². The highest BCUT2D eigenvalue weighted by atomic mass is 35.5. The molecule has 2 bridgehead atoms. The lowest BCUT2D eigenvalue weighted by Gasteiger charge is -2.50. The Kier molecular flexibility index (Phi) is 5.51. The summed E-state index contributed by atoms with van der Waals surface area (Å²) >= 11 is 0. The molecule has 0 aliphatic carbocycles. The van der Waals surface area contributed by atoms with Crippen LogP contribution in [0.3, 0.4) is 0 Å². The van der Waals surface area contributed by atoms with Gasteiger partial charge < -0.3 is 9.84 Å². The SMILES string of the molecule is C=C[C@H]1CN2CCC1C[C@H]2[C@H](O)C1=c2cc(OC)ccc2=NCC1=O.Cl. The van der Waals surface area contributed by atoms with E-state index in [-0.39, 0.29) is 30.8 Å². The van der Waals surface area contributed by atoms with Crippen molar-refractivity contribution in [3.63, 3.8) is 0 Å². The van der Waals surface area contributed by atoms with Crippen molar-refractivity contribution in [1.82, 2.24) is 4.90 Å². The van der Waals surface area contributed by atoms with Crippen molar-refractivity contribution in [3.05, 3.63) is 41.4 Å². The predicted octanol–water partition coefficient (Wildman–Crippen LogP) is 0.727. The molecule has 2 unspecified atom stereocenters. The van der Waals surface area contributed by atoms with Gasteiger partial charge in [-0.2, -0.15) is 0 Å². The molecule has 0 spiro atoms. The average Bonchev–Trinajstić information content (AvgIpc) is 2.67. The van der Waals surface area contributed by atoms with Gasteiger partial charge in [0.1, 0.15) is 12.3 Å². The Morgan fingerprint density at radius 3 is 2.92 bits per heavy atom. The topological polar surface area (TPSA) is 62.1 Å². The molecule has 140 valence electrons. The van der Waals surface area contributed by atoms with E-state index in [1.165, 1.54) is 0 Å². The van der Waals surface area contributed by atoms with E-state index < -0.39 is 6.10 Å². The van der Waals surface area contributed by atoms with E-state index in [1.807, 2.05) is 24.3 Å². The van der Waals surface area contributed by atoms with E-state index in [0.29, 0.717) is 28.4 Å². The summed E-state index contributed by atoms with van der Waals surface area (Å²) in [4.78, 5) is 19.3. The quantitative estimate of drug-likeness (QED) is 0.787. The van der Waals surface area contributed by atoms with Crippen LogP contribution in [0.4, 0.5) is 0 Å². The number of carbonyl (C=O) groups is 1. The van der Waals surface area contributed by atoms with E-state index in [4.69, 9.17) is 4.74 Å². The maximum atomic E-state index is 12.6. The molecule has 1 N–H and O–H groups in total. The molecule has 26 heavy (non-hydrogen) atoms. The summed E-state index contributed by atoms with van der Waals surface area (Å²) in [7, 11) is 1.60. The first-order valence-corrected chi connectivity index (χ1v) is 8.93. The molecule has 5 nitrogen and oxygen atoms in total. The number of rotatable bonds is 4. The van der Waals surface area contributed by atoms with Gasteiger partial charge in [-0.25, -0.2) is 0 Å². The Hall–Kier alpha value is -1.69. The molecule has 4 heterocycles. The van der Waals surface area contributed by atoms with E-state index in [2.05, 4.69) is 16.5 Å².